The summed E-state index contributed by atoms with van der Waals surface area (Å²) in [6.07, 6.45) is 5.94. The van der Waals surface area contributed by atoms with Crippen LogP contribution in [0.5, 0.6) is 0 Å². The zero-order valence-electron chi connectivity index (χ0n) is 15.0. The van der Waals surface area contributed by atoms with Crippen LogP contribution in [0.4, 0.5) is 14.9 Å². The van der Waals surface area contributed by atoms with Gasteiger partial charge in [-0.25, -0.2) is 9.18 Å². The number of hydrogen-bond donors (Lipinski definition) is 1. The van der Waals surface area contributed by atoms with E-state index in [0.29, 0.717) is 37.0 Å². The molecule has 2 saturated heterocycles. The van der Waals surface area contributed by atoms with Crippen LogP contribution in [0.15, 0.2) is 24.3 Å². The fourth-order valence-corrected chi connectivity index (χ4v) is 4.24. The molecule has 140 valence electrons. The molecule has 4 rings (SSSR count). The van der Waals surface area contributed by atoms with Crippen LogP contribution >= 0.6 is 0 Å². The maximum atomic E-state index is 13.3. The van der Waals surface area contributed by atoms with Crippen molar-refractivity contribution in [1.82, 2.24) is 9.80 Å². The van der Waals surface area contributed by atoms with Gasteiger partial charge in [0.25, 0.3) is 0 Å². The Morgan fingerprint density at radius 2 is 2.00 bits per heavy atom. The second kappa shape index (κ2) is 6.89. The third-order valence-electron chi connectivity index (χ3n) is 6.11. The van der Waals surface area contributed by atoms with Crippen LogP contribution in [-0.2, 0) is 4.79 Å². The number of anilines is 1. The molecule has 1 saturated carbocycles. The molecule has 0 atom stereocenters. The summed E-state index contributed by atoms with van der Waals surface area (Å²) < 4.78 is 13.3. The van der Waals surface area contributed by atoms with Crippen molar-refractivity contribution >= 4 is 17.6 Å². The Labute approximate surface area is 153 Å². The van der Waals surface area contributed by atoms with Gasteiger partial charge in [0, 0.05) is 38.3 Å². The van der Waals surface area contributed by atoms with Crippen molar-refractivity contribution in [3.63, 3.8) is 0 Å². The minimum Gasteiger partial charge on any atom is -0.342 e. The van der Waals surface area contributed by atoms with Crippen molar-refractivity contribution in [2.75, 3.05) is 31.5 Å². The fourth-order valence-electron chi connectivity index (χ4n) is 4.24. The second-order valence-corrected chi connectivity index (χ2v) is 8.15. The Hall–Kier alpha value is -2.11. The van der Waals surface area contributed by atoms with Crippen molar-refractivity contribution in [1.29, 1.82) is 0 Å². The lowest BCUT2D eigenvalue weighted by molar-refractivity contribution is -0.139. The molecule has 0 bridgehead atoms. The number of carbonyl (C=O) groups is 2. The molecular weight excluding hydrogens is 333 g/mol. The SMILES string of the molecule is O=C1CCC2(CCN(C(=O)Nc3cccc(F)c3)CC2)CN1CC1CC1. The summed E-state index contributed by atoms with van der Waals surface area (Å²) in [7, 11) is 0. The highest BCUT2D eigenvalue weighted by Crippen LogP contribution is 2.41. The maximum absolute atomic E-state index is 13.3. The van der Waals surface area contributed by atoms with Crippen LogP contribution in [0.3, 0.4) is 0 Å². The van der Waals surface area contributed by atoms with Crippen LogP contribution in [-0.4, -0.2) is 47.9 Å². The molecule has 3 aliphatic rings. The number of urea groups is 1. The molecular formula is C20H26FN3O2. The summed E-state index contributed by atoms with van der Waals surface area (Å²) in [5, 5.41) is 2.78. The Balaban J connectivity index is 1.32. The number of halogens is 1. The van der Waals surface area contributed by atoms with E-state index < -0.39 is 0 Å². The van der Waals surface area contributed by atoms with Crippen LogP contribution < -0.4 is 5.32 Å². The van der Waals surface area contributed by atoms with Crippen LogP contribution in [0.1, 0.15) is 38.5 Å². The minimum atomic E-state index is -0.358. The lowest BCUT2D eigenvalue weighted by Crippen LogP contribution is -2.53. The van der Waals surface area contributed by atoms with E-state index in [4.69, 9.17) is 0 Å². The molecule has 6 heteroatoms. The average molecular weight is 359 g/mol. The molecule has 1 aliphatic carbocycles. The number of likely N-dealkylation sites (tertiary alicyclic amines) is 2. The first-order chi connectivity index (χ1) is 12.5. The first-order valence-corrected chi connectivity index (χ1v) is 9.62. The van der Waals surface area contributed by atoms with Crippen LogP contribution in [0.2, 0.25) is 0 Å². The molecule has 1 aromatic rings. The van der Waals surface area contributed by atoms with Crippen LogP contribution in [0, 0.1) is 17.2 Å². The van der Waals surface area contributed by atoms with E-state index in [1.54, 1.807) is 17.0 Å². The highest BCUT2D eigenvalue weighted by Gasteiger charge is 2.42. The van der Waals surface area contributed by atoms with Gasteiger partial charge in [-0.05, 0) is 61.6 Å². The van der Waals surface area contributed by atoms with E-state index >= 15 is 0 Å². The standard InChI is InChI=1S/C20H26FN3O2/c21-16-2-1-3-17(12-16)22-19(26)23-10-8-20(9-11-23)7-6-18(25)24(14-20)13-15-4-5-15/h1-3,12,15H,4-11,13-14H2,(H,22,26). The second-order valence-electron chi connectivity index (χ2n) is 8.15. The maximum Gasteiger partial charge on any atom is 0.321 e. The number of amides is 3. The summed E-state index contributed by atoms with van der Waals surface area (Å²) in [5.41, 5.74) is 0.646. The van der Waals surface area contributed by atoms with Gasteiger partial charge in [-0.1, -0.05) is 6.07 Å². The lowest BCUT2D eigenvalue weighted by atomic mass is 9.72. The molecule has 2 heterocycles. The van der Waals surface area contributed by atoms with Crippen molar-refractivity contribution in [2.45, 2.75) is 38.5 Å². The number of carbonyl (C=O) groups excluding carboxylic acids is 2. The zero-order chi connectivity index (χ0) is 18.1. The first kappa shape index (κ1) is 17.3. The van der Waals surface area contributed by atoms with E-state index in [0.717, 1.165) is 32.4 Å². The zero-order valence-corrected chi connectivity index (χ0v) is 15.0. The number of rotatable bonds is 3. The van der Waals surface area contributed by atoms with Gasteiger partial charge in [0.2, 0.25) is 5.91 Å². The van der Waals surface area contributed by atoms with E-state index in [1.807, 2.05) is 0 Å². The Kier molecular flexibility index (Phi) is 4.59. The molecule has 0 radical (unpaired) electrons. The molecule has 26 heavy (non-hydrogen) atoms. The molecule has 1 aromatic carbocycles. The highest BCUT2D eigenvalue weighted by molar-refractivity contribution is 5.89. The number of benzene rings is 1. The van der Waals surface area contributed by atoms with E-state index in [9.17, 15) is 14.0 Å². The van der Waals surface area contributed by atoms with Crippen molar-refractivity contribution in [3.05, 3.63) is 30.1 Å². The summed E-state index contributed by atoms with van der Waals surface area (Å²) in [6.45, 7) is 3.14. The third-order valence-corrected chi connectivity index (χ3v) is 6.11. The van der Waals surface area contributed by atoms with Gasteiger partial charge in [-0.3, -0.25) is 4.79 Å². The normalized spacial score (nSPS) is 22.6. The van der Waals surface area contributed by atoms with Gasteiger partial charge in [-0.15, -0.1) is 0 Å². The molecule has 0 aromatic heterocycles. The predicted molar refractivity (Wildman–Crippen MR) is 97.2 cm³/mol. The third kappa shape index (κ3) is 3.84. The van der Waals surface area contributed by atoms with E-state index in [1.165, 1.54) is 25.0 Å². The topological polar surface area (TPSA) is 52.7 Å². The Morgan fingerprint density at radius 3 is 2.69 bits per heavy atom. The van der Waals surface area contributed by atoms with Crippen molar-refractivity contribution in [2.24, 2.45) is 11.3 Å². The lowest BCUT2D eigenvalue weighted by Gasteiger charge is -2.47. The molecule has 1 N–H and O–H groups in total. The summed E-state index contributed by atoms with van der Waals surface area (Å²) in [5.74, 6) is 0.656. The molecule has 2 aliphatic heterocycles. The molecule has 5 nitrogen and oxygen atoms in total. The quantitative estimate of drug-likeness (QED) is 0.898. The van der Waals surface area contributed by atoms with Gasteiger partial charge in [0.15, 0.2) is 0 Å². The molecule has 0 unspecified atom stereocenters. The van der Waals surface area contributed by atoms with Gasteiger partial charge < -0.3 is 15.1 Å². The van der Waals surface area contributed by atoms with Crippen molar-refractivity contribution < 1.29 is 14.0 Å². The van der Waals surface area contributed by atoms with Crippen LogP contribution in [0.25, 0.3) is 0 Å². The van der Waals surface area contributed by atoms with E-state index in [-0.39, 0.29) is 17.3 Å². The summed E-state index contributed by atoms with van der Waals surface area (Å²) in [6, 6.07) is 5.79. The minimum absolute atomic E-state index is 0.165. The first-order valence-electron chi connectivity index (χ1n) is 9.62. The fraction of sp³-hybridized carbons (Fsp3) is 0.600. The Morgan fingerprint density at radius 1 is 1.23 bits per heavy atom. The highest BCUT2D eigenvalue weighted by atomic mass is 19.1. The van der Waals surface area contributed by atoms with Gasteiger partial charge in [-0.2, -0.15) is 0 Å². The summed E-state index contributed by atoms with van der Waals surface area (Å²) in [4.78, 5) is 28.5. The van der Waals surface area contributed by atoms with Gasteiger partial charge in [0.1, 0.15) is 5.82 Å². The number of nitrogens with one attached hydrogen (secondary N) is 1. The Bertz CT molecular complexity index is 696. The van der Waals surface area contributed by atoms with Gasteiger partial charge >= 0.3 is 6.03 Å². The van der Waals surface area contributed by atoms with Crippen molar-refractivity contribution in [3.8, 4) is 0 Å². The molecule has 3 amide bonds. The predicted octanol–water partition coefficient (Wildman–Crippen LogP) is 3.47. The number of hydrogen-bond acceptors (Lipinski definition) is 2. The van der Waals surface area contributed by atoms with E-state index in [2.05, 4.69) is 10.2 Å². The molecule has 1 spiro atoms. The smallest absolute Gasteiger partial charge is 0.321 e. The average Bonchev–Trinajstić information content (AvgIpc) is 3.43. The monoisotopic (exact) mass is 359 g/mol. The number of piperidine rings is 2. The largest absolute Gasteiger partial charge is 0.342 e. The molecule has 3 fully saturated rings. The van der Waals surface area contributed by atoms with Gasteiger partial charge in [0.05, 0.1) is 0 Å². The number of nitrogens with zero attached hydrogens (tertiary/aromatic N) is 2. The summed E-state index contributed by atoms with van der Waals surface area (Å²) >= 11 is 0.